The van der Waals surface area contributed by atoms with Crippen LogP contribution < -0.4 is 5.32 Å². The lowest BCUT2D eigenvalue weighted by atomic mass is 9.85. The normalized spacial score (nSPS) is 19.0. The summed E-state index contributed by atoms with van der Waals surface area (Å²) in [5.74, 6) is 1.00. The average molecular weight is 265 g/mol. The third-order valence-corrected chi connectivity index (χ3v) is 5.39. The molecule has 1 aromatic rings. The van der Waals surface area contributed by atoms with Gasteiger partial charge in [-0.15, -0.1) is 11.3 Å². The zero-order chi connectivity index (χ0) is 12.8. The monoisotopic (exact) mass is 265 g/mol. The van der Waals surface area contributed by atoms with Crippen molar-refractivity contribution in [2.75, 3.05) is 6.54 Å². The summed E-state index contributed by atoms with van der Waals surface area (Å²) in [6.07, 6.45) is 10.1. The van der Waals surface area contributed by atoms with Crippen molar-refractivity contribution in [3.63, 3.8) is 0 Å². The average Bonchev–Trinajstić information content (AvgIpc) is 2.82. The van der Waals surface area contributed by atoms with Crippen molar-refractivity contribution in [3.05, 3.63) is 21.9 Å². The maximum atomic E-state index is 3.68. The highest BCUT2D eigenvalue weighted by molar-refractivity contribution is 7.10. The first-order valence-corrected chi connectivity index (χ1v) is 8.46. The molecule has 1 fully saturated rings. The largest absolute Gasteiger partial charge is 0.310 e. The van der Waals surface area contributed by atoms with Crippen LogP contribution in [0.3, 0.4) is 0 Å². The molecule has 1 aliphatic rings. The van der Waals surface area contributed by atoms with Crippen molar-refractivity contribution in [2.24, 2.45) is 5.92 Å². The zero-order valence-corrected chi connectivity index (χ0v) is 12.7. The fraction of sp³-hybridized carbons (Fsp3) is 0.750. The Morgan fingerprint density at radius 2 is 2.11 bits per heavy atom. The minimum atomic E-state index is 0.594. The molecule has 1 nitrogen and oxygen atoms in total. The molecule has 2 rings (SSSR count). The van der Waals surface area contributed by atoms with Crippen LogP contribution in [0.25, 0.3) is 0 Å². The van der Waals surface area contributed by atoms with Gasteiger partial charge in [-0.1, -0.05) is 39.0 Å². The van der Waals surface area contributed by atoms with Gasteiger partial charge in [0.25, 0.3) is 0 Å². The maximum absolute atomic E-state index is 3.68. The third-order valence-electron chi connectivity index (χ3n) is 4.26. The molecule has 0 saturated heterocycles. The van der Waals surface area contributed by atoms with Crippen LogP contribution in [-0.4, -0.2) is 6.54 Å². The molecule has 0 bridgehead atoms. The number of hydrogen-bond donors (Lipinski definition) is 1. The highest BCUT2D eigenvalue weighted by Crippen LogP contribution is 2.32. The van der Waals surface area contributed by atoms with Gasteiger partial charge in [-0.25, -0.2) is 0 Å². The predicted octanol–water partition coefficient (Wildman–Crippen LogP) is 5.07. The summed E-state index contributed by atoms with van der Waals surface area (Å²) < 4.78 is 0. The first kappa shape index (κ1) is 14.1. The van der Waals surface area contributed by atoms with Crippen LogP contribution in [0.5, 0.6) is 0 Å². The quantitative estimate of drug-likeness (QED) is 0.757. The van der Waals surface area contributed by atoms with Crippen molar-refractivity contribution < 1.29 is 0 Å². The van der Waals surface area contributed by atoms with Gasteiger partial charge in [0, 0.05) is 10.9 Å². The Morgan fingerprint density at radius 1 is 1.33 bits per heavy atom. The second-order valence-corrected chi connectivity index (χ2v) is 6.61. The van der Waals surface area contributed by atoms with E-state index in [0.29, 0.717) is 6.04 Å². The lowest BCUT2D eigenvalue weighted by Crippen LogP contribution is -2.21. The second-order valence-electron chi connectivity index (χ2n) is 5.66. The number of nitrogens with one attached hydrogen (secondary N) is 1. The molecule has 18 heavy (non-hydrogen) atoms. The summed E-state index contributed by atoms with van der Waals surface area (Å²) in [6, 6.07) is 2.85. The van der Waals surface area contributed by atoms with E-state index in [1.807, 2.05) is 11.3 Å². The Kier molecular flexibility index (Phi) is 5.71. The summed E-state index contributed by atoms with van der Waals surface area (Å²) in [4.78, 5) is 1.56. The van der Waals surface area contributed by atoms with Gasteiger partial charge in [0.15, 0.2) is 0 Å². The summed E-state index contributed by atoms with van der Waals surface area (Å²) in [5.41, 5.74) is 1.47. The summed E-state index contributed by atoms with van der Waals surface area (Å²) in [7, 11) is 0. The smallest absolute Gasteiger partial charge is 0.0417 e. The molecule has 1 aliphatic carbocycles. The van der Waals surface area contributed by atoms with Gasteiger partial charge in [0.05, 0.1) is 0 Å². The summed E-state index contributed by atoms with van der Waals surface area (Å²) >= 11 is 1.92. The standard InChI is InChI=1S/C16H27NS/c1-3-17-15(16-13(2)11-12-18-16)10-9-14-7-5-4-6-8-14/h11-12,14-15,17H,3-10H2,1-2H3. The fourth-order valence-electron chi connectivity index (χ4n) is 3.19. The Labute approximate surface area is 116 Å². The highest BCUT2D eigenvalue weighted by atomic mass is 32.1. The Balaban J connectivity index is 1.88. The van der Waals surface area contributed by atoms with Crippen molar-refractivity contribution in [3.8, 4) is 0 Å². The van der Waals surface area contributed by atoms with Crippen LogP contribution in [0, 0.1) is 12.8 Å². The van der Waals surface area contributed by atoms with Gasteiger partial charge in [-0.05, 0) is 49.2 Å². The van der Waals surface area contributed by atoms with E-state index in [1.165, 1.54) is 50.5 Å². The van der Waals surface area contributed by atoms with Crippen molar-refractivity contribution in [2.45, 2.75) is 64.8 Å². The first-order valence-electron chi connectivity index (χ1n) is 7.58. The van der Waals surface area contributed by atoms with Gasteiger partial charge in [0.1, 0.15) is 0 Å². The molecule has 1 saturated carbocycles. The fourth-order valence-corrected chi connectivity index (χ4v) is 4.23. The van der Waals surface area contributed by atoms with Crippen LogP contribution in [0.4, 0.5) is 0 Å². The minimum absolute atomic E-state index is 0.594. The predicted molar refractivity (Wildman–Crippen MR) is 81.3 cm³/mol. The third kappa shape index (κ3) is 3.83. The van der Waals surface area contributed by atoms with E-state index in [0.717, 1.165) is 12.5 Å². The number of rotatable bonds is 6. The first-order chi connectivity index (χ1) is 8.81. The number of aryl methyl sites for hydroxylation is 1. The van der Waals surface area contributed by atoms with E-state index in [2.05, 4.69) is 30.6 Å². The van der Waals surface area contributed by atoms with E-state index in [1.54, 1.807) is 4.88 Å². The van der Waals surface area contributed by atoms with Gasteiger partial charge in [0.2, 0.25) is 0 Å². The van der Waals surface area contributed by atoms with E-state index in [4.69, 9.17) is 0 Å². The van der Waals surface area contributed by atoms with Crippen LogP contribution in [-0.2, 0) is 0 Å². The van der Waals surface area contributed by atoms with E-state index in [9.17, 15) is 0 Å². The molecular formula is C16H27NS. The molecule has 1 heterocycles. The van der Waals surface area contributed by atoms with E-state index in [-0.39, 0.29) is 0 Å². The van der Waals surface area contributed by atoms with Crippen LogP contribution in [0.1, 0.15) is 68.4 Å². The van der Waals surface area contributed by atoms with E-state index >= 15 is 0 Å². The van der Waals surface area contributed by atoms with Gasteiger partial charge >= 0.3 is 0 Å². The van der Waals surface area contributed by atoms with Crippen molar-refractivity contribution in [1.29, 1.82) is 0 Å². The molecule has 0 amide bonds. The number of hydrogen-bond acceptors (Lipinski definition) is 2. The molecule has 2 heteroatoms. The lowest BCUT2D eigenvalue weighted by molar-refractivity contribution is 0.316. The molecular weight excluding hydrogens is 238 g/mol. The lowest BCUT2D eigenvalue weighted by Gasteiger charge is -2.24. The summed E-state index contributed by atoms with van der Waals surface area (Å²) in [5, 5.41) is 5.91. The van der Waals surface area contributed by atoms with Gasteiger partial charge in [-0.2, -0.15) is 0 Å². The number of thiophene rings is 1. The molecule has 0 spiro atoms. The van der Waals surface area contributed by atoms with Crippen molar-refractivity contribution in [1.82, 2.24) is 5.32 Å². The molecule has 102 valence electrons. The molecule has 0 aliphatic heterocycles. The molecule has 1 N–H and O–H groups in total. The minimum Gasteiger partial charge on any atom is -0.310 e. The van der Waals surface area contributed by atoms with Gasteiger partial charge < -0.3 is 5.32 Å². The highest BCUT2D eigenvalue weighted by Gasteiger charge is 2.18. The van der Waals surface area contributed by atoms with Crippen molar-refractivity contribution >= 4 is 11.3 Å². The Morgan fingerprint density at radius 3 is 2.72 bits per heavy atom. The second kappa shape index (κ2) is 7.30. The summed E-state index contributed by atoms with van der Waals surface area (Å²) in [6.45, 7) is 5.54. The molecule has 1 unspecified atom stereocenters. The SMILES string of the molecule is CCNC(CCC1CCCCC1)c1sccc1C. The molecule has 0 aromatic carbocycles. The Hall–Kier alpha value is -0.340. The maximum Gasteiger partial charge on any atom is 0.0417 e. The van der Waals surface area contributed by atoms with E-state index < -0.39 is 0 Å². The zero-order valence-electron chi connectivity index (χ0n) is 11.9. The van der Waals surface area contributed by atoms with Crippen LogP contribution in [0.15, 0.2) is 11.4 Å². The molecule has 0 radical (unpaired) electrons. The molecule has 1 atom stereocenters. The van der Waals surface area contributed by atoms with Gasteiger partial charge in [-0.3, -0.25) is 0 Å². The molecule has 1 aromatic heterocycles. The topological polar surface area (TPSA) is 12.0 Å². The van der Waals surface area contributed by atoms with Crippen LogP contribution in [0.2, 0.25) is 0 Å². The van der Waals surface area contributed by atoms with Crippen LogP contribution >= 0.6 is 11.3 Å². The Bertz CT molecular complexity index is 339.